The molecule has 0 spiro atoms. The second kappa shape index (κ2) is 4.39. The fourth-order valence-electron chi connectivity index (χ4n) is 1.01. The van der Waals surface area contributed by atoms with Crippen molar-refractivity contribution in [2.45, 2.75) is 20.8 Å². The average Bonchev–Trinajstić information content (AvgIpc) is 2.17. The van der Waals surface area contributed by atoms with Gasteiger partial charge in [0.1, 0.15) is 5.83 Å². The maximum Gasteiger partial charge on any atom is 0.163 e. The molecule has 0 aromatic heterocycles. The van der Waals surface area contributed by atoms with E-state index in [4.69, 9.17) is 0 Å². The van der Waals surface area contributed by atoms with Gasteiger partial charge in [0.05, 0.1) is 0 Å². The summed E-state index contributed by atoms with van der Waals surface area (Å²) in [6.45, 7) is 5.30. The second-order valence-electron chi connectivity index (χ2n) is 4.47. The van der Waals surface area contributed by atoms with Gasteiger partial charge in [-0.1, -0.05) is 51.1 Å². The summed E-state index contributed by atoms with van der Waals surface area (Å²) in [5.74, 6) is -0.681. The Labute approximate surface area is 89.6 Å². The number of benzene rings is 1. The van der Waals surface area contributed by atoms with Crippen LogP contribution in [0, 0.1) is 5.41 Å². The molecule has 0 bridgehead atoms. The van der Waals surface area contributed by atoms with E-state index in [-0.39, 0.29) is 5.78 Å². The summed E-state index contributed by atoms with van der Waals surface area (Å²) >= 11 is 0. The zero-order valence-corrected chi connectivity index (χ0v) is 9.25. The maximum atomic E-state index is 13.6. The monoisotopic (exact) mass is 206 g/mol. The van der Waals surface area contributed by atoms with Crippen LogP contribution in [0.25, 0.3) is 5.83 Å². The van der Waals surface area contributed by atoms with E-state index < -0.39 is 11.2 Å². The average molecular weight is 206 g/mol. The molecule has 1 aromatic rings. The third kappa shape index (κ3) is 3.31. The van der Waals surface area contributed by atoms with Crippen molar-refractivity contribution in [1.82, 2.24) is 0 Å². The highest BCUT2D eigenvalue weighted by atomic mass is 19.1. The van der Waals surface area contributed by atoms with Crippen LogP contribution >= 0.6 is 0 Å². The molecule has 0 aliphatic carbocycles. The molecule has 15 heavy (non-hydrogen) atoms. The fourth-order valence-corrected chi connectivity index (χ4v) is 1.01. The molecule has 0 atom stereocenters. The fraction of sp³-hybridized carbons (Fsp3) is 0.308. The van der Waals surface area contributed by atoms with Crippen molar-refractivity contribution in [2.24, 2.45) is 5.41 Å². The van der Waals surface area contributed by atoms with Gasteiger partial charge in [0.2, 0.25) is 0 Å². The molecule has 0 N–H and O–H groups in total. The number of rotatable bonds is 2. The molecule has 1 nitrogen and oxygen atoms in total. The van der Waals surface area contributed by atoms with Gasteiger partial charge in [0, 0.05) is 17.1 Å². The van der Waals surface area contributed by atoms with Crippen LogP contribution in [0.3, 0.4) is 0 Å². The van der Waals surface area contributed by atoms with E-state index in [0.29, 0.717) is 5.56 Å². The summed E-state index contributed by atoms with van der Waals surface area (Å²) < 4.78 is 13.6. The van der Waals surface area contributed by atoms with Crippen molar-refractivity contribution >= 4 is 11.6 Å². The Kier molecular flexibility index (Phi) is 3.40. The molecule has 0 heterocycles. The molecule has 1 aromatic carbocycles. The number of carbonyl (C=O) groups is 1. The van der Waals surface area contributed by atoms with Crippen LogP contribution in [0.5, 0.6) is 0 Å². The van der Waals surface area contributed by atoms with Crippen LogP contribution in [-0.4, -0.2) is 5.78 Å². The van der Waals surface area contributed by atoms with Crippen LogP contribution in [0.1, 0.15) is 26.3 Å². The van der Waals surface area contributed by atoms with Crippen LogP contribution in [0.15, 0.2) is 36.4 Å². The lowest BCUT2D eigenvalue weighted by Gasteiger charge is -2.13. The van der Waals surface area contributed by atoms with E-state index in [1.807, 2.05) is 6.07 Å². The molecule has 2 heteroatoms. The van der Waals surface area contributed by atoms with Gasteiger partial charge in [-0.15, -0.1) is 0 Å². The highest BCUT2D eigenvalue weighted by Gasteiger charge is 2.19. The van der Waals surface area contributed by atoms with Crippen molar-refractivity contribution in [3.8, 4) is 0 Å². The van der Waals surface area contributed by atoms with E-state index in [0.717, 1.165) is 6.08 Å². The zero-order chi connectivity index (χ0) is 11.5. The van der Waals surface area contributed by atoms with Gasteiger partial charge in [0.25, 0.3) is 0 Å². The topological polar surface area (TPSA) is 17.1 Å². The summed E-state index contributed by atoms with van der Waals surface area (Å²) in [6.07, 6.45) is 1.06. The number of hydrogen-bond donors (Lipinski definition) is 0. The first-order valence-electron chi connectivity index (χ1n) is 4.88. The standard InChI is InChI=1S/C13H15FO/c1-13(2,3)12(15)9-11(14)10-7-5-4-6-8-10/h4-9H,1-3H3/b11-9-. The van der Waals surface area contributed by atoms with Crippen molar-refractivity contribution in [2.75, 3.05) is 0 Å². The largest absolute Gasteiger partial charge is 0.294 e. The normalized spacial score (nSPS) is 12.7. The minimum absolute atomic E-state index is 0.205. The predicted octanol–water partition coefficient (Wildman–Crippen LogP) is 3.61. The maximum absolute atomic E-state index is 13.6. The zero-order valence-electron chi connectivity index (χ0n) is 9.25. The molecule has 0 radical (unpaired) electrons. The van der Waals surface area contributed by atoms with Gasteiger partial charge in [0.15, 0.2) is 5.78 Å². The Morgan fingerprint density at radius 1 is 1.20 bits per heavy atom. The Morgan fingerprint density at radius 2 is 1.73 bits per heavy atom. The molecule has 0 saturated heterocycles. The van der Waals surface area contributed by atoms with Gasteiger partial charge >= 0.3 is 0 Å². The van der Waals surface area contributed by atoms with Crippen LogP contribution in [0.4, 0.5) is 4.39 Å². The van der Waals surface area contributed by atoms with Gasteiger partial charge in [-0.25, -0.2) is 4.39 Å². The smallest absolute Gasteiger partial charge is 0.163 e. The van der Waals surface area contributed by atoms with E-state index >= 15 is 0 Å². The van der Waals surface area contributed by atoms with Gasteiger partial charge < -0.3 is 0 Å². The molecule has 0 aliphatic heterocycles. The Hall–Kier alpha value is -1.44. The lowest BCUT2D eigenvalue weighted by molar-refractivity contribution is -0.121. The van der Waals surface area contributed by atoms with Gasteiger partial charge in [-0.05, 0) is 0 Å². The van der Waals surface area contributed by atoms with Gasteiger partial charge in [-0.2, -0.15) is 0 Å². The van der Waals surface area contributed by atoms with Crippen molar-refractivity contribution in [1.29, 1.82) is 0 Å². The number of carbonyl (C=O) groups excluding carboxylic acids is 1. The quantitative estimate of drug-likeness (QED) is 0.675. The molecule has 0 amide bonds. The molecular formula is C13H15FO. The SMILES string of the molecule is CC(C)(C)C(=O)/C=C(\F)c1ccccc1. The predicted molar refractivity (Wildman–Crippen MR) is 60.0 cm³/mol. The first kappa shape index (κ1) is 11.6. The minimum Gasteiger partial charge on any atom is -0.294 e. The first-order valence-corrected chi connectivity index (χ1v) is 4.88. The van der Waals surface area contributed by atoms with Crippen molar-refractivity contribution in [3.05, 3.63) is 42.0 Å². The molecule has 80 valence electrons. The number of ketones is 1. The Balaban J connectivity index is 2.91. The summed E-state index contributed by atoms with van der Waals surface area (Å²) in [6, 6.07) is 8.57. The third-order valence-corrected chi connectivity index (χ3v) is 2.05. The summed E-state index contributed by atoms with van der Waals surface area (Å²) in [7, 11) is 0. The van der Waals surface area contributed by atoms with Crippen LogP contribution in [-0.2, 0) is 4.79 Å². The second-order valence-corrected chi connectivity index (χ2v) is 4.47. The molecule has 0 aliphatic rings. The first-order chi connectivity index (χ1) is 6.91. The van der Waals surface area contributed by atoms with E-state index in [1.165, 1.54) is 0 Å². The van der Waals surface area contributed by atoms with Crippen molar-refractivity contribution in [3.63, 3.8) is 0 Å². The van der Waals surface area contributed by atoms with E-state index in [2.05, 4.69) is 0 Å². The van der Waals surface area contributed by atoms with Crippen LogP contribution < -0.4 is 0 Å². The summed E-state index contributed by atoms with van der Waals surface area (Å²) in [5, 5.41) is 0. The van der Waals surface area contributed by atoms with Gasteiger partial charge in [-0.3, -0.25) is 4.79 Å². The lowest BCUT2D eigenvalue weighted by atomic mass is 9.90. The highest BCUT2D eigenvalue weighted by molar-refractivity contribution is 5.98. The summed E-state index contributed by atoms with van der Waals surface area (Å²) in [5.41, 5.74) is -0.0957. The molecule has 0 fully saturated rings. The molecule has 0 saturated carbocycles. The molecule has 0 unspecified atom stereocenters. The summed E-state index contributed by atoms with van der Waals surface area (Å²) in [4.78, 5) is 11.5. The number of halogens is 1. The Morgan fingerprint density at radius 3 is 2.20 bits per heavy atom. The molecular weight excluding hydrogens is 191 g/mol. The number of allylic oxidation sites excluding steroid dienone is 1. The molecule has 1 rings (SSSR count). The van der Waals surface area contributed by atoms with Crippen molar-refractivity contribution < 1.29 is 9.18 Å². The Bertz CT molecular complexity index is 371. The van der Waals surface area contributed by atoms with E-state index in [1.54, 1.807) is 45.0 Å². The van der Waals surface area contributed by atoms with E-state index in [9.17, 15) is 9.18 Å². The third-order valence-electron chi connectivity index (χ3n) is 2.05. The minimum atomic E-state index is -0.536. The highest BCUT2D eigenvalue weighted by Crippen LogP contribution is 2.21. The van der Waals surface area contributed by atoms with Crippen LogP contribution in [0.2, 0.25) is 0 Å². The lowest BCUT2D eigenvalue weighted by Crippen LogP contribution is -2.17. The number of hydrogen-bond acceptors (Lipinski definition) is 1.